The zero-order valence-corrected chi connectivity index (χ0v) is 25.3. The first-order chi connectivity index (χ1) is 20.9. The van der Waals surface area contributed by atoms with Crippen LogP contribution in [0.5, 0.6) is 11.5 Å². The lowest BCUT2D eigenvalue weighted by Gasteiger charge is -2.09. The topological polar surface area (TPSA) is 125 Å². The summed E-state index contributed by atoms with van der Waals surface area (Å²) >= 11 is 14.7. The van der Waals surface area contributed by atoms with Crippen LogP contribution in [0.4, 0.5) is 11.4 Å². The third-order valence-electron chi connectivity index (χ3n) is 6.04. The van der Waals surface area contributed by atoms with Crippen LogP contribution in [0, 0.1) is 0 Å². The van der Waals surface area contributed by atoms with Gasteiger partial charge in [0.25, 0.3) is 0 Å². The molecule has 216 valence electrons. The molecule has 9 nitrogen and oxygen atoms in total. The minimum atomic E-state index is -0.157. The molecule has 0 unspecified atom stereocenters. The Morgan fingerprint density at radius 3 is 1.49 bits per heavy atom. The van der Waals surface area contributed by atoms with E-state index < -0.39 is 0 Å². The number of aromatic amines is 2. The predicted molar refractivity (Wildman–Crippen MR) is 174 cm³/mol. The molecule has 0 bridgehead atoms. The highest BCUT2D eigenvalue weighted by Gasteiger charge is 2.10. The maximum Gasteiger partial charge on any atom is 0.234 e. The number of hydrogen-bond donors (Lipinski definition) is 4. The molecule has 0 aliphatic rings. The number of thioether (sulfide) groups is 2. The molecule has 2 aromatic heterocycles. The Bertz CT molecular complexity index is 1790. The standard InChI is InChI=1S/C30H22Cl2N6O3S2/c31-17-1-11-23-25(13-17)37-29(35-23)42-15-27(39)33-19-3-7-21(8-4-19)41-22-9-5-20(6-10-22)34-28(40)16-43-30-36-24-12-2-18(32)14-26(24)38-30/h1-14H,15-16H2,(H,33,39)(H,34,40)(H,35,37)(H,36,38). The molecule has 2 amide bonds. The van der Waals surface area contributed by atoms with Gasteiger partial charge in [-0.15, -0.1) is 0 Å². The number of aromatic nitrogens is 4. The fourth-order valence-corrected chi connectivity index (χ4v) is 5.78. The van der Waals surface area contributed by atoms with E-state index in [2.05, 4.69) is 30.6 Å². The zero-order chi connectivity index (χ0) is 29.8. The van der Waals surface area contributed by atoms with Crippen LogP contribution in [0.1, 0.15) is 0 Å². The zero-order valence-electron chi connectivity index (χ0n) is 22.2. The van der Waals surface area contributed by atoms with Crippen molar-refractivity contribution in [3.63, 3.8) is 0 Å². The van der Waals surface area contributed by atoms with Crippen molar-refractivity contribution in [2.75, 3.05) is 22.1 Å². The smallest absolute Gasteiger partial charge is 0.234 e. The average molecular weight is 650 g/mol. The van der Waals surface area contributed by atoms with Crippen molar-refractivity contribution in [3.05, 3.63) is 95.0 Å². The Morgan fingerprint density at radius 1 is 0.651 bits per heavy atom. The van der Waals surface area contributed by atoms with E-state index in [1.807, 2.05) is 12.1 Å². The third-order valence-corrected chi connectivity index (χ3v) is 8.25. The summed E-state index contributed by atoms with van der Waals surface area (Å²) in [6.07, 6.45) is 0. The first-order valence-corrected chi connectivity index (χ1v) is 15.6. The first-order valence-electron chi connectivity index (χ1n) is 12.9. The number of H-pyrrole nitrogens is 2. The minimum absolute atomic E-state index is 0.157. The summed E-state index contributed by atoms with van der Waals surface area (Å²) in [7, 11) is 0. The number of hydrogen-bond acceptors (Lipinski definition) is 7. The van der Waals surface area contributed by atoms with Crippen LogP contribution >= 0.6 is 46.7 Å². The maximum atomic E-state index is 12.4. The highest BCUT2D eigenvalue weighted by Crippen LogP contribution is 2.26. The Balaban J connectivity index is 0.948. The highest BCUT2D eigenvalue weighted by atomic mass is 35.5. The molecular formula is C30H22Cl2N6O3S2. The van der Waals surface area contributed by atoms with Crippen LogP contribution in [-0.4, -0.2) is 43.3 Å². The summed E-state index contributed by atoms with van der Waals surface area (Å²) in [6.45, 7) is 0. The van der Waals surface area contributed by atoms with E-state index in [9.17, 15) is 9.59 Å². The quantitative estimate of drug-likeness (QED) is 0.111. The van der Waals surface area contributed by atoms with Crippen molar-refractivity contribution in [1.82, 2.24) is 19.9 Å². The van der Waals surface area contributed by atoms with Crippen LogP contribution in [0.15, 0.2) is 95.2 Å². The lowest BCUT2D eigenvalue weighted by Crippen LogP contribution is -2.14. The molecule has 0 atom stereocenters. The molecule has 0 fully saturated rings. The number of anilines is 2. The largest absolute Gasteiger partial charge is 0.457 e. The predicted octanol–water partition coefficient (Wildman–Crippen LogP) is 8.00. The van der Waals surface area contributed by atoms with Crippen LogP contribution < -0.4 is 15.4 Å². The van der Waals surface area contributed by atoms with E-state index in [1.54, 1.807) is 72.8 Å². The fourth-order valence-electron chi connectivity index (χ4n) is 4.06. The molecule has 6 aromatic rings. The highest BCUT2D eigenvalue weighted by molar-refractivity contribution is 8.00. The molecule has 0 saturated heterocycles. The summed E-state index contributed by atoms with van der Waals surface area (Å²) in [6, 6.07) is 25.0. The Morgan fingerprint density at radius 2 is 1.07 bits per heavy atom. The number of imidazole rings is 2. The van der Waals surface area contributed by atoms with Crippen molar-refractivity contribution >= 4 is 92.0 Å². The molecule has 43 heavy (non-hydrogen) atoms. The molecule has 0 radical (unpaired) electrons. The van der Waals surface area contributed by atoms with Crippen molar-refractivity contribution < 1.29 is 14.3 Å². The molecule has 0 aliphatic heterocycles. The second kappa shape index (κ2) is 13.0. The van der Waals surface area contributed by atoms with Crippen molar-refractivity contribution in [2.45, 2.75) is 10.3 Å². The number of nitrogens with zero attached hydrogens (tertiary/aromatic N) is 2. The summed E-state index contributed by atoms with van der Waals surface area (Å²) < 4.78 is 5.91. The van der Waals surface area contributed by atoms with Gasteiger partial charge in [-0.05, 0) is 84.9 Å². The van der Waals surface area contributed by atoms with Gasteiger partial charge in [-0.2, -0.15) is 0 Å². The normalized spacial score (nSPS) is 11.1. The van der Waals surface area contributed by atoms with E-state index >= 15 is 0 Å². The van der Waals surface area contributed by atoms with Gasteiger partial charge in [-0.25, -0.2) is 9.97 Å². The van der Waals surface area contributed by atoms with Gasteiger partial charge in [0.2, 0.25) is 11.8 Å². The molecule has 4 N–H and O–H groups in total. The number of benzene rings is 4. The molecule has 4 aromatic carbocycles. The number of halogens is 2. The summed E-state index contributed by atoms with van der Waals surface area (Å²) in [5.74, 6) is 1.29. The number of rotatable bonds is 10. The van der Waals surface area contributed by atoms with Gasteiger partial charge in [0, 0.05) is 21.4 Å². The van der Waals surface area contributed by atoms with Crippen LogP contribution in [0.2, 0.25) is 10.0 Å². The van der Waals surface area contributed by atoms with Crippen molar-refractivity contribution in [2.24, 2.45) is 0 Å². The number of carbonyl (C=O) groups excluding carboxylic acids is 2. The van der Waals surface area contributed by atoms with E-state index in [0.717, 1.165) is 22.1 Å². The molecule has 6 rings (SSSR count). The van der Waals surface area contributed by atoms with Gasteiger partial charge in [-0.1, -0.05) is 46.7 Å². The lowest BCUT2D eigenvalue weighted by atomic mass is 10.3. The Labute approximate surface area is 264 Å². The summed E-state index contributed by atoms with van der Waals surface area (Å²) in [5, 5.41) is 8.28. The summed E-state index contributed by atoms with van der Waals surface area (Å²) in [5.41, 5.74) is 4.54. The van der Waals surface area contributed by atoms with Gasteiger partial charge >= 0.3 is 0 Å². The maximum absolute atomic E-state index is 12.4. The lowest BCUT2D eigenvalue weighted by molar-refractivity contribution is -0.114. The van der Waals surface area contributed by atoms with E-state index in [0.29, 0.717) is 43.2 Å². The number of nitrogens with one attached hydrogen (secondary N) is 4. The molecule has 2 heterocycles. The number of ether oxygens (including phenoxy) is 1. The van der Waals surface area contributed by atoms with Crippen molar-refractivity contribution in [3.8, 4) is 11.5 Å². The van der Waals surface area contributed by atoms with Gasteiger partial charge < -0.3 is 25.3 Å². The number of fused-ring (bicyclic) bond motifs is 2. The fraction of sp³-hybridized carbons (Fsp3) is 0.0667. The van der Waals surface area contributed by atoms with Gasteiger partial charge in [-0.3, -0.25) is 9.59 Å². The van der Waals surface area contributed by atoms with Crippen molar-refractivity contribution in [1.29, 1.82) is 0 Å². The van der Waals surface area contributed by atoms with E-state index in [1.165, 1.54) is 23.5 Å². The average Bonchev–Trinajstić information content (AvgIpc) is 3.60. The minimum Gasteiger partial charge on any atom is -0.457 e. The number of amides is 2. The van der Waals surface area contributed by atoms with Gasteiger partial charge in [0.05, 0.1) is 33.6 Å². The molecular weight excluding hydrogens is 627 g/mol. The molecule has 0 saturated carbocycles. The van der Waals surface area contributed by atoms with Gasteiger partial charge in [0.15, 0.2) is 10.3 Å². The van der Waals surface area contributed by atoms with Crippen LogP contribution in [-0.2, 0) is 9.59 Å². The number of carbonyl (C=O) groups is 2. The monoisotopic (exact) mass is 648 g/mol. The second-order valence-electron chi connectivity index (χ2n) is 9.23. The van der Waals surface area contributed by atoms with Crippen LogP contribution in [0.3, 0.4) is 0 Å². The molecule has 0 aliphatic carbocycles. The SMILES string of the molecule is O=C(CSc1nc2ccc(Cl)cc2[nH]1)Nc1ccc(Oc2ccc(NC(=O)CSc3nc4ccc(Cl)cc4[nH]3)cc2)cc1. The third kappa shape index (κ3) is 7.63. The van der Waals surface area contributed by atoms with Crippen LogP contribution in [0.25, 0.3) is 22.1 Å². The summed E-state index contributed by atoms with van der Waals surface area (Å²) in [4.78, 5) is 40.1. The van der Waals surface area contributed by atoms with E-state index in [-0.39, 0.29) is 23.3 Å². The van der Waals surface area contributed by atoms with E-state index in [4.69, 9.17) is 27.9 Å². The molecule has 13 heteroatoms. The second-order valence-corrected chi connectivity index (χ2v) is 12.0. The Kier molecular flexibility index (Phi) is 8.75. The molecule has 0 spiro atoms. The first kappa shape index (κ1) is 28.9. The van der Waals surface area contributed by atoms with Gasteiger partial charge in [0.1, 0.15) is 11.5 Å². The Hall–Kier alpha value is -4.16.